The van der Waals surface area contributed by atoms with Gasteiger partial charge in [-0.2, -0.15) is 0 Å². The number of benzene rings is 1. The van der Waals surface area contributed by atoms with Crippen LogP contribution in [-0.2, 0) is 9.53 Å². The monoisotopic (exact) mass is 293 g/mol. The van der Waals surface area contributed by atoms with Gasteiger partial charge in [0.15, 0.2) is 6.10 Å². The zero-order valence-corrected chi connectivity index (χ0v) is 12.7. The fourth-order valence-corrected chi connectivity index (χ4v) is 2.28. The van der Waals surface area contributed by atoms with Crippen molar-refractivity contribution in [3.05, 3.63) is 30.3 Å². The molecule has 5 heteroatoms. The highest BCUT2D eigenvalue weighted by Crippen LogP contribution is 2.19. The van der Waals surface area contributed by atoms with Gasteiger partial charge in [-0.3, -0.25) is 0 Å². The lowest BCUT2D eigenvalue weighted by atomic mass is 10.1. The van der Waals surface area contributed by atoms with Crippen LogP contribution in [0, 0.1) is 0 Å². The van der Waals surface area contributed by atoms with Gasteiger partial charge < -0.3 is 19.9 Å². The van der Waals surface area contributed by atoms with E-state index in [0.29, 0.717) is 13.0 Å². The molecule has 1 heterocycles. The van der Waals surface area contributed by atoms with Crippen LogP contribution in [0.2, 0.25) is 0 Å². The minimum absolute atomic E-state index is 0.0607. The van der Waals surface area contributed by atoms with Crippen molar-refractivity contribution in [2.45, 2.75) is 51.0 Å². The molecule has 116 valence electrons. The minimum atomic E-state index is -1.17. The molecule has 0 amide bonds. The largest absolute Gasteiger partial charge is 0.489 e. The first-order valence-corrected chi connectivity index (χ1v) is 7.21. The van der Waals surface area contributed by atoms with Gasteiger partial charge in [0.2, 0.25) is 0 Å². The molecule has 21 heavy (non-hydrogen) atoms. The highest BCUT2D eigenvalue weighted by molar-refractivity contribution is 5.75. The molecule has 1 aromatic rings. The van der Waals surface area contributed by atoms with Gasteiger partial charge in [0.1, 0.15) is 17.5 Å². The van der Waals surface area contributed by atoms with Crippen molar-refractivity contribution in [3.8, 4) is 5.75 Å². The van der Waals surface area contributed by atoms with Gasteiger partial charge in [-0.15, -0.1) is 0 Å². The van der Waals surface area contributed by atoms with Crippen LogP contribution >= 0.6 is 0 Å². The molecule has 1 fully saturated rings. The Morgan fingerprint density at radius 2 is 2.00 bits per heavy atom. The molecular formula is C16H23NO4. The van der Waals surface area contributed by atoms with Crippen molar-refractivity contribution in [3.63, 3.8) is 0 Å². The van der Waals surface area contributed by atoms with Crippen molar-refractivity contribution in [2.24, 2.45) is 0 Å². The van der Waals surface area contributed by atoms with Crippen LogP contribution in [-0.4, -0.2) is 41.5 Å². The normalized spacial score (nSPS) is 23.6. The van der Waals surface area contributed by atoms with Crippen molar-refractivity contribution in [1.29, 1.82) is 0 Å². The number of carbonyl (C=O) groups excluding carboxylic acids is 1. The second kappa shape index (κ2) is 6.45. The Morgan fingerprint density at radius 1 is 1.33 bits per heavy atom. The molecule has 0 radical (unpaired) electrons. The summed E-state index contributed by atoms with van der Waals surface area (Å²) < 4.78 is 11.0. The smallest absolute Gasteiger partial charge is 0.337 e. The molecule has 1 aliphatic rings. The van der Waals surface area contributed by atoms with Gasteiger partial charge >= 0.3 is 5.97 Å². The number of hydrogen-bond donors (Lipinski definition) is 2. The molecule has 1 aliphatic heterocycles. The summed E-state index contributed by atoms with van der Waals surface area (Å²) in [5.74, 6) is 0.192. The van der Waals surface area contributed by atoms with Crippen LogP contribution < -0.4 is 10.1 Å². The summed E-state index contributed by atoms with van der Waals surface area (Å²) in [5.41, 5.74) is -0.601. The summed E-state index contributed by atoms with van der Waals surface area (Å²) >= 11 is 0. The number of carbonyl (C=O) groups is 1. The Hall–Kier alpha value is -1.59. The van der Waals surface area contributed by atoms with E-state index in [9.17, 15) is 9.90 Å². The lowest BCUT2D eigenvalue weighted by Crippen LogP contribution is -2.43. The summed E-state index contributed by atoms with van der Waals surface area (Å²) in [6.07, 6.45) is -0.668. The fraction of sp³-hybridized carbons (Fsp3) is 0.562. The van der Waals surface area contributed by atoms with E-state index < -0.39 is 17.7 Å². The minimum Gasteiger partial charge on any atom is -0.489 e. The molecular weight excluding hydrogens is 270 g/mol. The van der Waals surface area contributed by atoms with E-state index in [1.54, 1.807) is 20.8 Å². The molecule has 0 bridgehead atoms. The highest BCUT2D eigenvalue weighted by Gasteiger charge is 2.36. The predicted octanol–water partition coefficient (Wildman–Crippen LogP) is 1.50. The highest BCUT2D eigenvalue weighted by atomic mass is 16.6. The van der Waals surface area contributed by atoms with Crippen molar-refractivity contribution >= 4 is 5.97 Å². The first-order valence-electron chi connectivity index (χ1n) is 7.21. The molecule has 2 rings (SSSR count). The molecule has 0 saturated carbocycles. The van der Waals surface area contributed by atoms with Crippen molar-refractivity contribution in [2.75, 3.05) is 6.54 Å². The summed E-state index contributed by atoms with van der Waals surface area (Å²) in [5, 5.41) is 13.2. The molecule has 0 aromatic heterocycles. The Labute approximate surface area is 125 Å². The zero-order valence-electron chi connectivity index (χ0n) is 12.7. The van der Waals surface area contributed by atoms with E-state index >= 15 is 0 Å². The SMILES string of the molecule is CC(C)(C)OC(=O)C(O)C1CC(Oc2ccccc2)CN1. The van der Waals surface area contributed by atoms with Gasteiger partial charge in [0, 0.05) is 19.0 Å². The molecule has 0 aliphatic carbocycles. The van der Waals surface area contributed by atoms with Crippen LogP contribution in [0.3, 0.4) is 0 Å². The van der Waals surface area contributed by atoms with Crippen LogP contribution in [0.4, 0.5) is 0 Å². The van der Waals surface area contributed by atoms with Gasteiger partial charge in [-0.25, -0.2) is 4.79 Å². The number of esters is 1. The molecule has 3 unspecified atom stereocenters. The molecule has 2 N–H and O–H groups in total. The number of ether oxygens (including phenoxy) is 2. The van der Waals surface area contributed by atoms with Gasteiger partial charge in [0.05, 0.1) is 0 Å². The molecule has 1 saturated heterocycles. The van der Waals surface area contributed by atoms with Crippen LogP contribution in [0.1, 0.15) is 27.2 Å². The lowest BCUT2D eigenvalue weighted by molar-refractivity contribution is -0.166. The molecule has 0 spiro atoms. The van der Waals surface area contributed by atoms with Gasteiger partial charge in [-0.1, -0.05) is 18.2 Å². The number of rotatable bonds is 4. The second-order valence-corrected chi connectivity index (χ2v) is 6.28. The number of aliphatic hydroxyl groups excluding tert-OH is 1. The Bertz CT molecular complexity index is 469. The average Bonchev–Trinajstić information content (AvgIpc) is 2.85. The first kappa shape index (κ1) is 15.8. The van der Waals surface area contributed by atoms with E-state index in [1.165, 1.54) is 0 Å². The van der Waals surface area contributed by atoms with E-state index in [-0.39, 0.29) is 12.1 Å². The lowest BCUT2D eigenvalue weighted by Gasteiger charge is -2.24. The predicted molar refractivity (Wildman–Crippen MR) is 79.1 cm³/mol. The summed E-state index contributed by atoms with van der Waals surface area (Å²) in [7, 11) is 0. The maximum atomic E-state index is 11.9. The molecule has 1 aromatic carbocycles. The quantitative estimate of drug-likeness (QED) is 0.823. The summed E-state index contributed by atoms with van der Waals surface area (Å²) in [4.78, 5) is 11.9. The van der Waals surface area contributed by atoms with Crippen LogP contribution in [0.25, 0.3) is 0 Å². The topological polar surface area (TPSA) is 67.8 Å². The van der Waals surface area contributed by atoms with Crippen LogP contribution in [0.5, 0.6) is 5.75 Å². The van der Waals surface area contributed by atoms with Gasteiger partial charge in [0.25, 0.3) is 0 Å². The van der Waals surface area contributed by atoms with E-state index in [2.05, 4.69) is 5.32 Å². The Kier molecular flexibility index (Phi) is 4.85. The second-order valence-electron chi connectivity index (χ2n) is 6.28. The maximum absolute atomic E-state index is 11.9. The number of nitrogens with one attached hydrogen (secondary N) is 1. The standard InChI is InChI=1S/C16H23NO4/c1-16(2,3)21-15(19)14(18)13-9-12(10-17-13)20-11-7-5-4-6-8-11/h4-8,12-14,17-18H,9-10H2,1-3H3. The molecule has 5 nitrogen and oxygen atoms in total. The van der Waals surface area contributed by atoms with Gasteiger partial charge in [-0.05, 0) is 32.9 Å². The maximum Gasteiger partial charge on any atom is 0.337 e. The number of hydrogen-bond acceptors (Lipinski definition) is 5. The van der Waals surface area contributed by atoms with E-state index in [0.717, 1.165) is 5.75 Å². The summed E-state index contributed by atoms with van der Waals surface area (Å²) in [6, 6.07) is 9.17. The van der Waals surface area contributed by atoms with Crippen LogP contribution in [0.15, 0.2) is 30.3 Å². The fourth-order valence-electron chi connectivity index (χ4n) is 2.28. The van der Waals surface area contributed by atoms with E-state index in [4.69, 9.17) is 9.47 Å². The average molecular weight is 293 g/mol. The Morgan fingerprint density at radius 3 is 2.62 bits per heavy atom. The van der Waals surface area contributed by atoms with Crippen molar-refractivity contribution in [1.82, 2.24) is 5.32 Å². The first-order chi connectivity index (χ1) is 9.85. The van der Waals surface area contributed by atoms with E-state index in [1.807, 2.05) is 30.3 Å². The summed E-state index contributed by atoms with van der Waals surface area (Å²) in [6.45, 7) is 5.93. The Balaban J connectivity index is 1.85. The third-order valence-corrected chi connectivity index (χ3v) is 3.20. The number of para-hydroxylation sites is 1. The third-order valence-electron chi connectivity index (χ3n) is 3.20. The third kappa shape index (κ3) is 4.72. The zero-order chi connectivity index (χ0) is 15.5. The number of aliphatic hydroxyl groups is 1. The molecule has 3 atom stereocenters. The van der Waals surface area contributed by atoms with Crippen molar-refractivity contribution < 1.29 is 19.4 Å².